The molecule has 1 amide bonds. The van der Waals surface area contributed by atoms with Crippen LogP contribution >= 0.6 is 0 Å². The second-order valence-electron chi connectivity index (χ2n) is 6.62. The van der Waals surface area contributed by atoms with E-state index in [-0.39, 0.29) is 12.5 Å². The fourth-order valence-corrected chi connectivity index (χ4v) is 3.53. The number of benzene rings is 2. The van der Waals surface area contributed by atoms with Crippen LogP contribution in [0.2, 0.25) is 0 Å². The summed E-state index contributed by atoms with van der Waals surface area (Å²) in [5, 5.41) is 4.46. The number of carbonyl (C=O) groups excluding carboxylic acids is 1. The largest absolute Gasteiger partial charge is 0.488 e. The van der Waals surface area contributed by atoms with Gasteiger partial charge in [0.15, 0.2) is 0 Å². The zero-order valence-electron chi connectivity index (χ0n) is 15.7. The molecule has 0 spiro atoms. The topological polar surface area (TPSA) is 47.4 Å². The van der Waals surface area contributed by atoms with Crippen LogP contribution < -0.4 is 9.64 Å². The van der Waals surface area contributed by atoms with E-state index in [1.807, 2.05) is 43.3 Å². The SMILES string of the molecule is CCc1ccc(N(CC)C(=O)Cn2ncc3c2-c2ccccc2OC3)cc1. The molecule has 0 fully saturated rings. The predicted octanol–water partition coefficient (Wildman–Crippen LogP) is 4.06. The maximum atomic E-state index is 13.0. The number of hydrogen-bond donors (Lipinski definition) is 0. The molecule has 0 saturated heterocycles. The highest BCUT2D eigenvalue weighted by Crippen LogP contribution is 2.37. The van der Waals surface area contributed by atoms with Gasteiger partial charge in [0.25, 0.3) is 0 Å². The van der Waals surface area contributed by atoms with E-state index in [1.165, 1.54) is 5.56 Å². The molecular weight excluding hydrogens is 338 g/mol. The van der Waals surface area contributed by atoms with Crippen LogP contribution in [0.15, 0.2) is 54.7 Å². The van der Waals surface area contributed by atoms with Gasteiger partial charge in [0.05, 0.1) is 11.9 Å². The highest BCUT2D eigenvalue weighted by molar-refractivity contribution is 5.93. The Morgan fingerprint density at radius 1 is 1.15 bits per heavy atom. The van der Waals surface area contributed by atoms with Gasteiger partial charge in [0.2, 0.25) is 5.91 Å². The smallest absolute Gasteiger partial charge is 0.248 e. The zero-order chi connectivity index (χ0) is 18.8. The van der Waals surface area contributed by atoms with Crippen molar-refractivity contribution in [3.05, 3.63) is 65.9 Å². The standard InChI is InChI=1S/C22H23N3O2/c1-3-16-9-11-18(12-10-16)24(4-2)21(26)14-25-22-17(13-23-25)15-27-20-8-6-5-7-19(20)22/h5-13H,3-4,14-15H2,1-2H3. The van der Waals surface area contributed by atoms with Crippen LogP contribution in [0.3, 0.4) is 0 Å². The minimum absolute atomic E-state index is 0.0246. The molecule has 0 radical (unpaired) electrons. The van der Waals surface area contributed by atoms with Crippen LogP contribution in [0.25, 0.3) is 11.3 Å². The number of amides is 1. The van der Waals surface area contributed by atoms with Crippen molar-refractivity contribution in [3.63, 3.8) is 0 Å². The van der Waals surface area contributed by atoms with Gasteiger partial charge in [-0.15, -0.1) is 0 Å². The fourth-order valence-electron chi connectivity index (χ4n) is 3.53. The third kappa shape index (κ3) is 3.21. The van der Waals surface area contributed by atoms with Gasteiger partial charge in [-0.05, 0) is 43.2 Å². The number of rotatable bonds is 5. The first kappa shape index (κ1) is 17.3. The number of nitrogens with zero attached hydrogens (tertiary/aromatic N) is 3. The second-order valence-corrected chi connectivity index (χ2v) is 6.62. The number of fused-ring (bicyclic) bond motifs is 3. The Morgan fingerprint density at radius 2 is 1.93 bits per heavy atom. The van der Waals surface area contributed by atoms with Crippen molar-refractivity contribution in [1.29, 1.82) is 0 Å². The third-order valence-corrected chi connectivity index (χ3v) is 5.00. The maximum absolute atomic E-state index is 13.0. The molecule has 0 unspecified atom stereocenters. The van der Waals surface area contributed by atoms with Gasteiger partial charge in [-0.1, -0.05) is 31.2 Å². The number of carbonyl (C=O) groups is 1. The monoisotopic (exact) mass is 361 g/mol. The van der Waals surface area contributed by atoms with Crippen LogP contribution in [-0.2, 0) is 24.4 Å². The van der Waals surface area contributed by atoms with E-state index < -0.39 is 0 Å². The van der Waals surface area contributed by atoms with Crippen LogP contribution in [0.4, 0.5) is 5.69 Å². The van der Waals surface area contributed by atoms with Crippen molar-refractivity contribution < 1.29 is 9.53 Å². The van der Waals surface area contributed by atoms with E-state index in [2.05, 4.69) is 24.2 Å². The quantitative estimate of drug-likeness (QED) is 0.689. The van der Waals surface area contributed by atoms with Crippen LogP contribution in [0.5, 0.6) is 5.75 Å². The highest BCUT2D eigenvalue weighted by Gasteiger charge is 2.24. The summed E-state index contributed by atoms with van der Waals surface area (Å²) in [6.07, 6.45) is 2.78. The molecule has 0 atom stereocenters. The lowest BCUT2D eigenvalue weighted by Crippen LogP contribution is -2.34. The molecule has 0 bridgehead atoms. The molecule has 5 heteroatoms. The van der Waals surface area contributed by atoms with Crippen molar-refractivity contribution in [2.75, 3.05) is 11.4 Å². The van der Waals surface area contributed by atoms with Crippen molar-refractivity contribution in [3.8, 4) is 17.0 Å². The zero-order valence-corrected chi connectivity index (χ0v) is 15.7. The first-order valence-corrected chi connectivity index (χ1v) is 9.37. The van der Waals surface area contributed by atoms with E-state index in [0.717, 1.165) is 34.7 Å². The van der Waals surface area contributed by atoms with Crippen molar-refractivity contribution in [2.24, 2.45) is 0 Å². The number of anilines is 1. The van der Waals surface area contributed by atoms with Crippen molar-refractivity contribution >= 4 is 11.6 Å². The molecule has 1 aromatic heterocycles. The van der Waals surface area contributed by atoms with Crippen molar-refractivity contribution in [1.82, 2.24) is 9.78 Å². The molecule has 3 aromatic rings. The van der Waals surface area contributed by atoms with Crippen LogP contribution in [0, 0.1) is 0 Å². The van der Waals surface area contributed by atoms with Gasteiger partial charge >= 0.3 is 0 Å². The lowest BCUT2D eigenvalue weighted by Gasteiger charge is -2.23. The lowest BCUT2D eigenvalue weighted by atomic mass is 10.0. The summed E-state index contributed by atoms with van der Waals surface area (Å²) in [5.74, 6) is 0.860. The summed E-state index contributed by atoms with van der Waals surface area (Å²) in [4.78, 5) is 14.8. The van der Waals surface area contributed by atoms with Crippen molar-refractivity contribution in [2.45, 2.75) is 33.4 Å². The maximum Gasteiger partial charge on any atom is 0.248 e. The molecule has 138 valence electrons. The first-order valence-electron chi connectivity index (χ1n) is 9.37. The molecule has 0 saturated carbocycles. The molecular formula is C22H23N3O2. The highest BCUT2D eigenvalue weighted by atomic mass is 16.5. The summed E-state index contributed by atoms with van der Waals surface area (Å²) in [7, 11) is 0. The molecule has 5 nitrogen and oxygen atoms in total. The predicted molar refractivity (Wildman–Crippen MR) is 106 cm³/mol. The molecule has 1 aliphatic heterocycles. The molecule has 2 heterocycles. The van der Waals surface area contributed by atoms with Gasteiger partial charge in [0, 0.05) is 23.4 Å². The number of likely N-dealkylation sites (N-methyl/N-ethyl adjacent to an activating group) is 1. The Hall–Kier alpha value is -3.08. The van der Waals surface area contributed by atoms with Gasteiger partial charge in [-0.2, -0.15) is 5.10 Å². The average molecular weight is 361 g/mol. The number of para-hydroxylation sites is 1. The Balaban J connectivity index is 1.61. The number of ether oxygens (including phenoxy) is 1. The van der Waals surface area contributed by atoms with Gasteiger partial charge < -0.3 is 9.64 Å². The normalized spacial score (nSPS) is 12.1. The van der Waals surface area contributed by atoms with E-state index in [9.17, 15) is 4.79 Å². The van der Waals surface area contributed by atoms with Gasteiger partial charge in [0.1, 0.15) is 18.9 Å². The first-order chi connectivity index (χ1) is 13.2. The Labute approximate surface area is 159 Å². The van der Waals surface area contributed by atoms with Gasteiger partial charge in [-0.25, -0.2) is 0 Å². The minimum atomic E-state index is 0.0246. The average Bonchev–Trinajstić information content (AvgIpc) is 3.12. The lowest BCUT2D eigenvalue weighted by molar-refractivity contribution is -0.119. The van der Waals surface area contributed by atoms with Gasteiger partial charge in [-0.3, -0.25) is 9.48 Å². The number of aromatic nitrogens is 2. The molecule has 0 N–H and O–H groups in total. The van der Waals surface area contributed by atoms with Crippen LogP contribution in [-0.4, -0.2) is 22.2 Å². The number of aryl methyl sites for hydroxylation is 1. The summed E-state index contributed by atoms with van der Waals surface area (Å²) >= 11 is 0. The Bertz CT molecular complexity index is 960. The molecule has 1 aliphatic rings. The second kappa shape index (κ2) is 7.27. The molecule has 4 rings (SSSR count). The summed E-state index contributed by atoms with van der Waals surface area (Å²) in [6.45, 7) is 5.42. The van der Waals surface area contributed by atoms with E-state index >= 15 is 0 Å². The Kier molecular flexibility index (Phi) is 4.67. The minimum Gasteiger partial charge on any atom is -0.488 e. The number of hydrogen-bond acceptors (Lipinski definition) is 3. The van der Waals surface area contributed by atoms with Crippen LogP contribution in [0.1, 0.15) is 25.0 Å². The molecule has 2 aromatic carbocycles. The van der Waals surface area contributed by atoms with E-state index in [4.69, 9.17) is 4.74 Å². The van der Waals surface area contributed by atoms with E-state index in [0.29, 0.717) is 13.2 Å². The summed E-state index contributed by atoms with van der Waals surface area (Å²) in [6, 6.07) is 16.1. The molecule has 0 aliphatic carbocycles. The fraction of sp³-hybridized carbons (Fsp3) is 0.273. The Morgan fingerprint density at radius 3 is 2.67 bits per heavy atom. The van der Waals surface area contributed by atoms with E-state index in [1.54, 1.807) is 15.8 Å². The molecule has 27 heavy (non-hydrogen) atoms. The summed E-state index contributed by atoms with van der Waals surface area (Å²) < 4.78 is 7.57. The third-order valence-electron chi connectivity index (χ3n) is 5.00. The summed E-state index contributed by atoms with van der Waals surface area (Å²) in [5.41, 5.74) is 5.16.